The van der Waals surface area contributed by atoms with Crippen molar-refractivity contribution in [3.63, 3.8) is 0 Å². The molecule has 0 radical (unpaired) electrons. The van der Waals surface area contributed by atoms with Gasteiger partial charge in [0.1, 0.15) is 0 Å². The van der Waals surface area contributed by atoms with E-state index in [4.69, 9.17) is 10.8 Å². The van der Waals surface area contributed by atoms with E-state index in [1.54, 1.807) is 0 Å². The fraction of sp³-hybridized carbons (Fsp3) is 0.417. The zero-order chi connectivity index (χ0) is 12.4. The van der Waals surface area contributed by atoms with Crippen LogP contribution in [0.1, 0.15) is 6.42 Å². The molecule has 4 nitrogen and oxygen atoms in total. The molecule has 1 fully saturated rings. The number of para-hydroxylation sites is 1. The summed E-state index contributed by atoms with van der Waals surface area (Å²) in [6.07, 6.45) is 0.552. The first-order valence-corrected chi connectivity index (χ1v) is 6.35. The lowest BCUT2D eigenvalue weighted by atomic mass is 9.94. The van der Waals surface area contributed by atoms with Gasteiger partial charge in [-0.05, 0) is 34.5 Å². The fourth-order valence-electron chi connectivity index (χ4n) is 2.22. The first-order valence-electron chi connectivity index (χ1n) is 5.56. The highest BCUT2D eigenvalue weighted by Crippen LogP contribution is 2.29. The molecule has 5 heteroatoms. The van der Waals surface area contributed by atoms with Crippen molar-refractivity contribution in [2.75, 3.05) is 18.0 Å². The van der Waals surface area contributed by atoms with Crippen molar-refractivity contribution in [2.45, 2.75) is 12.5 Å². The summed E-state index contributed by atoms with van der Waals surface area (Å²) in [5, 5.41) is 9.10. The van der Waals surface area contributed by atoms with Gasteiger partial charge in [-0.15, -0.1) is 0 Å². The van der Waals surface area contributed by atoms with E-state index in [-0.39, 0.29) is 12.0 Å². The van der Waals surface area contributed by atoms with E-state index in [1.165, 1.54) is 0 Å². The minimum absolute atomic E-state index is 0.0862. The lowest BCUT2D eigenvalue weighted by Crippen LogP contribution is -2.49. The molecule has 1 heterocycles. The standard InChI is InChI=1S/C12H15BrN2O2/c13-10-3-1-2-4-11(10)15-6-8(12(16)17)5-9(14)7-15/h1-4,8-9H,5-7,14H2,(H,16,17). The van der Waals surface area contributed by atoms with Crippen LogP contribution in [-0.2, 0) is 4.79 Å². The monoisotopic (exact) mass is 298 g/mol. The van der Waals surface area contributed by atoms with Gasteiger partial charge in [-0.25, -0.2) is 0 Å². The lowest BCUT2D eigenvalue weighted by Gasteiger charge is -2.36. The van der Waals surface area contributed by atoms with Crippen molar-refractivity contribution in [3.05, 3.63) is 28.7 Å². The highest BCUT2D eigenvalue weighted by atomic mass is 79.9. The van der Waals surface area contributed by atoms with E-state index in [9.17, 15) is 4.79 Å². The smallest absolute Gasteiger partial charge is 0.308 e. The topological polar surface area (TPSA) is 66.6 Å². The zero-order valence-corrected chi connectivity index (χ0v) is 10.9. The predicted molar refractivity (Wildman–Crippen MR) is 70.1 cm³/mol. The highest BCUT2D eigenvalue weighted by Gasteiger charge is 2.30. The number of carbonyl (C=O) groups is 1. The number of nitrogens with zero attached hydrogens (tertiary/aromatic N) is 1. The maximum Gasteiger partial charge on any atom is 0.308 e. The van der Waals surface area contributed by atoms with Crippen LogP contribution in [0.4, 0.5) is 5.69 Å². The zero-order valence-electron chi connectivity index (χ0n) is 9.34. The van der Waals surface area contributed by atoms with Gasteiger partial charge >= 0.3 is 5.97 Å². The van der Waals surface area contributed by atoms with Crippen molar-refractivity contribution < 1.29 is 9.90 Å². The molecule has 2 rings (SSSR count). The van der Waals surface area contributed by atoms with Gasteiger partial charge in [0.15, 0.2) is 0 Å². The Hall–Kier alpha value is -1.07. The van der Waals surface area contributed by atoms with Crippen molar-refractivity contribution in [2.24, 2.45) is 11.7 Å². The van der Waals surface area contributed by atoms with Crippen molar-refractivity contribution in [3.8, 4) is 0 Å². The molecule has 3 N–H and O–H groups in total. The Morgan fingerprint density at radius 1 is 1.41 bits per heavy atom. The Balaban J connectivity index is 2.21. The molecule has 1 aromatic carbocycles. The van der Waals surface area contributed by atoms with Crippen LogP contribution in [0.15, 0.2) is 28.7 Å². The van der Waals surface area contributed by atoms with E-state index in [0.29, 0.717) is 19.5 Å². The number of hydrogen-bond donors (Lipinski definition) is 2. The molecule has 2 atom stereocenters. The molecule has 0 amide bonds. The van der Waals surface area contributed by atoms with Gasteiger partial charge in [0.25, 0.3) is 0 Å². The van der Waals surface area contributed by atoms with Gasteiger partial charge in [0.05, 0.1) is 11.6 Å². The van der Waals surface area contributed by atoms with Gasteiger partial charge in [0.2, 0.25) is 0 Å². The molecule has 1 aliphatic heterocycles. The minimum atomic E-state index is -0.766. The van der Waals surface area contributed by atoms with Crippen LogP contribution in [0.25, 0.3) is 0 Å². The summed E-state index contributed by atoms with van der Waals surface area (Å²) in [5.74, 6) is -1.15. The summed E-state index contributed by atoms with van der Waals surface area (Å²) < 4.78 is 0.971. The second kappa shape index (κ2) is 5.06. The van der Waals surface area contributed by atoms with Crippen molar-refractivity contribution in [1.29, 1.82) is 0 Å². The van der Waals surface area contributed by atoms with Crippen LogP contribution in [0.3, 0.4) is 0 Å². The van der Waals surface area contributed by atoms with Gasteiger partial charge in [0, 0.05) is 23.6 Å². The summed E-state index contributed by atoms with van der Waals surface area (Å²) in [5.41, 5.74) is 6.93. The lowest BCUT2D eigenvalue weighted by molar-refractivity contribution is -0.142. The minimum Gasteiger partial charge on any atom is -0.481 e. The van der Waals surface area contributed by atoms with E-state index in [1.807, 2.05) is 29.2 Å². The Kier molecular flexibility index (Phi) is 3.69. The van der Waals surface area contributed by atoms with Crippen molar-refractivity contribution >= 4 is 27.6 Å². The molecule has 0 saturated carbocycles. The van der Waals surface area contributed by atoms with Crippen LogP contribution >= 0.6 is 15.9 Å². The van der Waals surface area contributed by atoms with Crippen LogP contribution in [0.2, 0.25) is 0 Å². The van der Waals surface area contributed by atoms with Crippen LogP contribution in [-0.4, -0.2) is 30.2 Å². The molecule has 1 saturated heterocycles. The average Bonchev–Trinajstić information content (AvgIpc) is 2.28. The predicted octanol–water partition coefficient (Wildman–Crippen LogP) is 1.69. The summed E-state index contributed by atoms with van der Waals surface area (Å²) in [4.78, 5) is 13.1. The molecule has 0 spiro atoms. The summed E-state index contributed by atoms with van der Waals surface area (Å²) in [6, 6.07) is 7.71. The van der Waals surface area contributed by atoms with Crippen LogP contribution in [0, 0.1) is 5.92 Å². The van der Waals surface area contributed by atoms with Crippen LogP contribution < -0.4 is 10.6 Å². The number of piperidine rings is 1. The quantitative estimate of drug-likeness (QED) is 0.872. The number of hydrogen-bond acceptors (Lipinski definition) is 3. The summed E-state index contributed by atoms with van der Waals surface area (Å²) in [6.45, 7) is 1.22. The molecule has 1 aromatic rings. The maximum absolute atomic E-state index is 11.1. The molecule has 2 unspecified atom stereocenters. The molecule has 1 aliphatic rings. The Morgan fingerprint density at radius 2 is 2.12 bits per heavy atom. The second-order valence-corrected chi connectivity index (χ2v) is 5.24. The molecule has 0 bridgehead atoms. The molecular formula is C12H15BrN2O2. The van der Waals surface area contributed by atoms with Crippen molar-refractivity contribution in [1.82, 2.24) is 0 Å². The number of halogens is 1. The number of rotatable bonds is 2. The number of nitrogens with two attached hydrogens (primary N) is 1. The van der Waals surface area contributed by atoms with Gasteiger partial charge in [-0.3, -0.25) is 4.79 Å². The summed E-state index contributed by atoms with van der Waals surface area (Å²) >= 11 is 3.48. The third kappa shape index (κ3) is 2.79. The first-order chi connectivity index (χ1) is 8.08. The Morgan fingerprint density at radius 3 is 2.76 bits per heavy atom. The second-order valence-electron chi connectivity index (χ2n) is 4.39. The van der Waals surface area contributed by atoms with E-state index in [2.05, 4.69) is 15.9 Å². The summed E-state index contributed by atoms with van der Waals surface area (Å²) in [7, 11) is 0. The molecule has 0 aromatic heterocycles. The number of benzene rings is 1. The Bertz CT molecular complexity index is 425. The number of carboxylic acid groups (broad SMARTS) is 1. The first kappa shape index (κ1) is 12.4. The molecular weight excluding hydrogens is 284 g/mol. The van der Waals surface area contributed by atoms with E-state index < -0.39 is 5.97 Å². The number of aliphatic carboxylic acids is 1. The van der Waals surface area contributed by atoms with E-state index in [0.717, 1.165) is 10.2 Å². The van der Waals surface area contributed by atoms with E-state index >= 15 is 0 Å². The molecule has 0 aliphatic carbocycles. The van der Waals surface area contributed by atoms with Gasteiger partial charge < -0.3 is 15.7 Å². The fourth-order valence-corrected chi connectivity index (χ4v) is 2.76. The largest absolute Gasteiger partial charge is 0.481 e. The number of anilines is 1. The van der Waals surface area contributed by atoms with Crippen LogP contribution in [0.5, 0.6) is 0 Å². The maximum atomic E-state index is 11.1. The third-order valence-electron chi connectivity index (χ3n) is 3.03. The third-order valence-corrected chi connectivity index (χ3v) is 3.70. The molecule has 92 valence electrons. The highest BCUT2D eigenvalue weighted by molar-refractivity contribution is 9.10. The average molecular weight is 299 g/mol. The van der Waals surface area contributed by atoms with Gasteiger partial charge in [-0.1, -0.05) is 12.1 Å². The Labute approximate surface area is 109 Å². The number of carboxylic acids is 1. The normalized spacial score (nSPS) is 24.7. The van der Waals surface area contributed by atoms with Gasteiger partial charge in [-0.2, -0.15) is 0 Å². The molecule has 17 heavy (non-hydrogen) atoms. The SMILES string of the molecule is NC1CC(C(=O)O)CN(c2ccccc2Br)C1.